The molecule has 0 atom stereocenters. The van der Waals surface area contributed by atoms with Crippen LogP contribution in [0.4, 0.5) is 30.6 Å². The highest BCUT2D eigenvalue weighted by Gasteiger charge is 2.38. The Hall–Kier alpha value is -4.14. The van der Waals surface area contributed by atoms with Crippen molar-refractivity contribution in [1.82, 2.24) is 9.97 Å². The van der Waals surface area contributed by atoms with Crippen molar-refractivity contribution in [3.63, 3.8) is 0 Å². The van der Waals surface area contributed by atoms with E-state index in [1.54, 1.807) is 0 Å². The summed E-state index contributed by atoms with van der Waals surface area (Å²) in [5.74, 6) is -1.02. The molecule has 1 aromatic heterocycles. The number of benzene rings is 3. The Morgan fingerprint density at radius 2 is 1.63 bits per heavy atom. The first kappa shape index (κ1) is 26.9. The summed E-state index contributed by atoms with van der Waals surface area (Å²) in [5.41, 5.74) is 8.47. The number of hydrogen-bond acceptors (Lipinski definition) is 5. The molecule has 2 heterocycles. The maximum atomic E-state index is 10.6. The van der Waals surface area contributed by atoms with Crippen molar-refractivity contribution in [2.45, 2.75) is 46.8 Å². The van der Waals surface area contributed by atoms with Crippen LogP contribution in [0.5, 0.6) is 0 Å². The van der Waals surface area contributed by atoms with Gasteiger partial charge in [0.1, 0.15) is 5.82 Å². The molecule has 0 saturated carbocycles. The van der Waals surface area contributed by atoms with E-state index in [0.717, 1.165) is 36.7 Å². The highest BCUT2D eigenvalue weighted by atomic mass is 19.4. The van der Waals surface area contributed by atoms with Gasteiger partial charge in [-0.15, -0.1) is 0 Å². The van der Waals surface area contributed by atoms with E-state index in [1.807, 2.05) is 0 Å². The van der Waals surface area contributed by atoms with Gasteiger partial charge in [0.05, 0.1) is 0 Å². The fraction of sp³-hybridized carbons (Fsp3) is 0.276. The fourth-order valence-corrected chi connectivity index (χ4v) is 4.82. The summed E-state index contributed by atoms with van der Waals surface area (Å²) in [7, 11) is 0. The highest BCUT2D eigenvalue weighted by Crippen LogP contribution is 2.33. The average molecular weight is 523 g/mol. The van der Waals surface area contributed by atoms with Gasteiger partial charge < -0.3 is 15.3 Å². The van der Waals surface area contributed by atoms with E-state index >= 15 is 0 Å². The molecule has 1 aliphatic heterocycles. The second-order valence-corrected chi connectivity index (χ2v) is 9.45. The maximum absolute atomic E-state index is 10.6. The molecular formula is C29H29F3N4O2. The number of carbonyl (C=O) groups is 1. The third-order valence-corrected chi connectivity index (χ3v) is 6.52. The number of nitrogens with one attached hydrogen (secondary N) is 1. The molecule has 0 bridgehead atoms. The van der Waals surface area contributed by atoms with Crippen molar-refractivity contribution in [2.75, 3.05) is 16.8 Å². The van der Waals surface area contributed by atoms with Crippen LogP contribution >= 0.6 is 0 Å². The van der Waals surface area contributed by atoms with Crippen molar-refractivity contribution in [1.29, 1.82) is 0 Å². The second kappa shape index (κ2) is 10.7. The van der Waals surface area contributed by atoms with Gasteiger partial charge in [0.15, 0.2) is 0 Å². The number of hydrogen-bond donors (Lipinski definition) is 2. The quantitative estimate of drug-likeness (QED) is 0.307. The van der Waals surface area contributed by atoms with Crippen LogP contribution in [0.25, 0.3) is 10.8 Å². The smallest absolute Gasteiger partial charge is 0.475 e. The molecular weight excluding hydrogens is 493 g/mol. The topological polar surface area (TPSA) is 78.4 Å². The zero-order chi connectivity index (χ0) is 27.6. The van der Waals surface area contributed by atoms with Crippen molar-refractivity contribution < 1.29 is 23.1 Å². The van der Waals surface area contributed by atoms with Crippen molar-refractivity contribution in [2.24, 2.45) is 0 Å². The third kappa shape index (κ3) is 5.88. The van der Waals surface area contributed by atoms with Gasteiger partial charge in [0.25, 0.3) is 0 Å². The van der Waals surface area contributed by atoms with Crippen LogP contribution in [-0.2, 0) is 17.8 Å². The van der Waals surface area contributed by atoms with Crippen molar-refractivity contribution in [3.8, 4) is 0 Å². The minimum atomic E-state index is -5.08. The monoisotopic (exact) mass is 522 g/mol. The van der Waals surface area contributed by atoms with Gasteiger partial charge in [-0.25, -0.2) is 9.78 Å². The Labute approximate surface area is 219 Å². The van der Waals surface area contributed by atoms with Gasteiger partial charge in [-0.3, -0.25) is 0 Å². The number of aryl methyl sites for hydroxylation is 4. The van der Waals surface area contributed by atoms with E-state index in [1.165, 1.54) is 38.6 Å². The molecule has 6 nitrogen and oxygen atoms in total. The molecule has 0 radical (unpaired) electrons. The van der Waals surface area contributed by atoms with Crippen molar-refractivity contribution in [3.05, 3.63) is 88.1 Å². The van der Waals surface area contributed by atoms with E-state index in [0.29, 0.717) is 5.95 Å². The Kier molecular flexibility index (Phi) is 7.57. The molecule has 0 unspecified atom stereocenters. The lowest BCUT2D eigenvalue weighted by molar-refractivity contribution is -0.192. The summed E-state index contributed by atoms with van der Waals surface area (Å²) in [5, 5.41) is 13.2. The molecule has 0 fully saturated rings. The molecule has 1 aliphatic rings. The maximum Gasteiger partial charge on any atom is 0.490 e. The molecule has 198 valence electrons. The molecule has 0 amide bonds. The van der Waals surface area contributed by atoms with E-state index in [4.69, 9.17) is 19.9 Å². The largest absolute Gasteiger partial charge is 0.490 e. The predicted octanol–water partition coefficient (Wildman–Crippen LogP) is 6.80. The number of carboxylic acid groups (broad SMARTS) is 1. The number of aromatic nitrogens is 2. The summed E-state index contributed by atoms with van der Waals surface area (Å²) >= 11 is 0. The van der Waals surface area contributed by atoms with Gasteiger partial charge in [-0.05, 0) is 61.6 Å². The number of rotatable bonds is 4. The summed E-state index contributed by atoms with van der Waals surface area (Å²) in [6.07, 6.45) is -4.09. The Morgan fingerprint density at radius 3 is 2.29 bits per heavy atom. The lowest BCUT2D eigenvalue weighted by Crippen LogP contribution is -2.21. The minimum Gasteiger partial charge on any atom is -0.475 e. The normalized spacial score (nSPS) is 12.7. The van der Waals surface area contributed by atoms with Crippen LogP contribution in [0.1, 0.15) is 33.5 Å². The molecule has 2 N–H and O–H groups in total. The number of anilines is 3. The molecule has 3 aromatic carbocycles. The minimum absolute atomic E-state index is 0.677. The SMILES string of the molecule is Cc1cc(C)c(Nc2nc(C)c3c(n2)N(Cc2cccc4ccccc24)CC3)c(C)c1.O=C(O)C(F)(F)F. The van der Waals surface area contributed by atoms with Gasteiger partial charge in [0.2, 0.25) is 5.95 Å². The Morgan fingerprint density at radius 1 is 1.00 bits per heavy atom. The molecule has 9 heteroatoms. The van der Waals surface area contributed by atoms with Gasteiger partial charge in [-0.1, -0.05) is 60.2 Å². The number of alkyl halides is 3. The summed E-state index contributed by atoms with van der Waals surface area (Å²) in [6.45, 7) is 10.3. The molecule has 5 rings (SSSR count). The zero-order valence-electron chi connectivity index (χ0n) is 21.6. The summed E-state index contributed by atoms with van der Waals surface area (Å²) in [4.78, 5) is 21.1. The molecule has 0 spiro atoms. The summed E-state index contributed by atoms with van der Waals surface area (Å²) in [6, 6.07) is 19.6. The van der Waals surface area contributed by atoms with E-state index in [2.05, 4.69) is 92.5 Å². The van der Waals surface area contributed by atoms with Gasteiger partial charge >= 0.3 is 12.1 Å². The third-order valence-electron chi connectivity index (χ3n) is 6.52. The van der Waals surface area contributed by atoms with Crippen LogP contribution in [0, 0.1) is 27.7 Å². The van der Waals surface area contributed by atoms with E-state index in [-0.39, 0.29) is 0 Å². The van der Waals surface area contributed by atoms with E-state index in [9.17, 15) is 13.2 Å². The van der Waals surface area contributed by atoms with Crippen LogP contribution < -0.4 is 10.2 Å². The first-order valence-electron chi connectivity index (χ1n) is 12.2. The second-order valence-electron chi connectivity index (χ2n) is 9.45. The predicted molar refractivity (Wildman–Crippen MR) is 143 cm³/mol. The Balaban J connectivity index is 0.000000426. The van der Waals surface area contributed by atoms with E-state index < -0.39 is 12.1 Å². The summed E-state index contributed by atoms with van der Waals surface area (Å²) < 4.78 is 31.7. The first-order chi connectivity index (χ1) is 17.9. The highest BCUT2D eigenvalue weighted by molar-refractivity contribution is 5.86. The molecule has 0 aliphatic carbocycles. The fourth-order valence-electron chi connectivity index (χ4n) is 4.82. The zero-order valence-corrected chi connectivity index (χ0v) is 21.6. The van der Waals surface area contributed by atoms with Crippen LogP contribution in [0.15, 0.2) is 54.6 Å². The lowest BCUT2D eigenvalue weighted by atomic mass is 10.0. The molecule has 0 saturated heterocycles. The van der Waals surface area contributed by atoms with Crippen LogP contribution in [0.2, 0.25) is 0 Å². The number of nitrogens with zero attached hydrogens (tertiary/aromatic N) is 3. The first-order valence-corrected chi connectivity index (χ1v) is 12.2. The lowest BCUT2D eigenvalue weighted by Gasteiger charge is -2.21. The molecule has 38 heavy (non-hydrogen) atoms. The van der Waals surface area contributed by atoms with Crippen molar-refractivity contribution >= 4 is 34.2 Å². The Bertz CT molecular complexity index is 1470. The van der Waals surface area contributed by atoms with Gasteiger partial charge in [-0.2, -0.15) is 18.2 Å². The van der Waals surface area contributed by atoms with Gasteiger partial charge in [0, 0.05) is 30.0 Å². The van der Waals surface area contributed by atoms with Crippen LogP contribution in [0.3, 0.4) is 0 Å². The standard InChI is InChI=1S/C27H28N4.C2HF3O2/c1-17-14-18(2)25(19(3)15-17)29-27-28-20(4)23-12-13-31(26(23)30-27)16-22-10-7-9-21-8-5-6-11-24(21)22;3-2(4,5)1(6)7/h5-11,14-15H,12-13,16H2,1-4H3,(H,28,29,30);(H,6,7). The number of halogens is 3. The van der Waals surface area contributed by atoms with Crippen LogP contribution in [-0.4, -0.2) is 33.8 Å². The number of fused-ring (bicyclic) bond motifs is 2. The molecule has 4 aromatic rings. The number of carboxylic acids is 1. The number of aliphatic carboxylic acids is 1. The average Bonchev–Trinajstić information content (AvgIpc) is 3.24.